The second-order valence-corrected chi connectivity index (χ2v) is 6.38. The lowest BCUT2D eigenvalue weighted by molar-refractivity contribution is -0.160. The van der Waals surface area contributed by atoms with Crippen LogP contribution in [0, 0.1) is 12.3 Å². The van der Waals surface area contributed by atoms with Crippen molar-refractivity contribution in [2.24, 2.45) is 0 Å². The van der Waals surface area contributed by atoms with Crippen LogP contribution in [0.15, 0.2) is 24.3 Å². The minimum atomic E-state index is -0.462. The molecule has 0 saturated carbocycles. The molecule has 144 valence electrons. The summed E-state index contributed by atoms with van der Waals surface area (Å²) in [7, 11) is 3.27. The summed E-state index contributed by atoms with van der Waals surface area (Å²) in [4.78, 5) is 0. The summed E-state index contributed by atoms with van der Waals surface area (Å²) in [5.41, 5.74) is 1.06. The quantitative estimate of drug-likeness (QED) is 0.445. The fraction of sp³-hybridized carbons (Fsp3) is 0.619. The van der Waals surface area contributed by atoms with Gasteiger partial charge in [-0.15, -0.1) is 6.42 Å². The zero-order chi connectivity index (χ0) is 18.8. The van der Waals surface area contributed by atoms with Gasteiger partial charge in [-0.25, -0.2) is 0 Å². The van der Waals surface area contributed by atoms with E-state index >= 15 is 0 Å². The van der Waals surface area contributed by atoms with Gasteiger partial charge in [0.25, 0.3) is 0 Å². The molecule has 26 heavy (non-hydrogen) atoms. The number of terminal acetylenes is 1. The first kappa shape index (κ1) is 20.7. The van der Waals surface area contributed by atoms with E-state index in [9.17, 15) is 0 Å². The maximum atomic E-state index is 6.21. The molecule has 1 aliphatic rings. The topological polar surface area (TPSA) is 46.2 Å². The molecule has 1 heterocycles. The molecule has 1 aromatic rings. The van der Waals surface area contributed by atoms with Crippen LogP contribution in [-0.2, 0) is 25.6 Å². The highest BCUT2D eigenvalue weighted by molar-refractivity contribution is 5.26. The summed E-state index contributed by atoms with van der Waals surface area (Å²) in [6.45, 7) is 2.86. The van der Waals surface area contributed by atoms with Crippen LogP contribution in [0.3, 0.4) is 0 Å². The van der Waals surface area contributed by atoms with Crippen molar-refractivity contribution in [3.63, 3.8) is 0 Å². The first-order valence-electron chi connectivity index (χ1n) is 9.21. The monoisotopic (exact) mass is 362 g/mol. The minimum absolute atomic E-state index is 0.0625. The van der Waals surface area contributed by atoms with E-state index in [2.05, 4.69) is 12.8 Å². The largest absolute Gasteiger partial charge is 0.497 e. The number of hydrogen-bond acceptors (Lipinski definition) is 5. The van der Waals surface area contributed by atoms with Gasteiger partial charge in [-0.05, 0) is 24.1 Å². The number of benzene rings is 1. The second kappa shape index (κ2) is 11.2. The third-order valence-electron chi connectivity index (χ3n) is 4.55. The molecule has 0 aromatic heterocycles. The molecule has 2 rings (SSSR count). The number of rotatable bonds is 11. The van der Waals surface area contributed by atoms with Gasteiger partial charge in [-0.1, -0.05) is 44.2 Å². The van der Waals surface area contributed by atoms with Gasteiger partial charge in [0.2, 0.25) is 0 Å². The Hall–Kier alpha value is -1.58. The fourth-order valence-corrected chi connectivity index (χ4v) is 3.15. The third-order valence-corrected chi connectivity index (χ3v) is 4.55. The van der Waals surface area contributed by atoms with Crippen molar-refractivity contribution < 1.29 is 23.7 Å². The van der Waals surface area contributed by atoms with E-state index in [1.165, 1.54) is 6.42 Å². The Morgan fingerprint density at radius 3 is 2.46 bits per heavy atom. The summed E-state index contributed by atoms with van der Waals surface area (Å²) in [6.07, 6.45) is 8.61. The van der Waals surface area contributed by atoms with Crippen molar-refractivity contribution in [1.82, 2.24) is 0 Å². The molecule has 0 aliphatic carbocycles. The summed E-state index contributed by atoms with van der Waals surface area (Å²) >= 11 is 0. The maximum absolute atomic E-state index is 6.21. The molecule has 4 atom stereocenters. The van der Waals surface area contributed by atoms with Crippen LogP contribution < -0.4 is 4.74 Å². The van der Waals surface area contributed by atoms with E-state index in [4.69, 9.17) is 30.1 Å². The highest BCUT2D eigenvalue weighted by Crippen LogP contribution is 2.31. The van der Waals surface area contributed by atoms with E-state index in [0.717, 1.165) is 30.6 Å². The van der Waals surface area contributed by atoms with Gasteiger partial charge >= 0.3 is 0 Å². The molecule has 0 spiro atoms. The lowest BCUT2D eigenvalue weighted by Gasteiger charge is -2.24. The van der Waals surface area contributed by atoms with Gasteiger partial charge < -0.3 is 23.7 Å². The zero-order valence-corrected chi connectivity index (χ0v) is 16.0. The van der Waals surface area contributed by atoms with Crippen molar-refractivity contribution in [3.05, 3.63) is 29.8 Å². The molecule has 1 aliphatic heterocycles. The van der Waals surface area contributed by atoms with Crippen molar-refractivity contribution in [3.8, 4) is 18.1 Å². The summed E-state index contributed by atoms with van der Waals surface area (Å²) in [5.74, 6) is 3.33. The van der Waals surface area contributed by atoms with Crippen molar-refractivity contribution in [1.29, 1.82) is 0 Å². The van der Waals surface area contributed by atoms with Crippen molar-refractivity contribution in [2.45, 2.75) is 63.8 Å². The van der Waals surface area contributed by atoms with E-state index in [-0.39, 0.29) is 24.9 Å². The molecular weight excluding hydrogens is 332 g/mol. The lowest BCUT2D eigenvalue weighted by Crippen LogP contribution is -2.38. The van der Waals surface area contributed by atoms with Gasteiger partial charge in [0.1, 0.15) is 24.6 Å². The van der Waals surface area contributed by atoms with Crippen LogP contribution in [0.25, 0.3) is 0 Å². The Labute approximate surface area is 156 Å². The lowest BCUT2D eigenvalue weighted by atomic mass is 10.0. The molecule has 5 nitrogen and oxygen atoms in total. The Kier molecular flexibility index (Phi) is 8.93. The molecule has 1 saturated heterocycles. The number of hydrogen-bond donors (Lipinski definition) is 0. The first-order valence-corrected chi connectivity index (χ1v) is 9.21. The molecule has 0 amide bonds. The van der Waals surface area contributed by atoms with E-state index in [1.807, 2.05) is 24.3 Å². The Morgan fingerprint density at radius 1 is 1.08 bits per heavy atom. The maximum Gasteiger partial charge on any atom is 0.186 e. The van der Waals surface area contributed by atoms with E-state index < -0.39 is 6.29 Å². The Bertz CT molecular complexity index is 551. The van der Waals surface area contributed by atoms with Gasteiger partial charge in [0.15, 0.2) is 6.29 Å². The van der Waals surface area contributed by atoms with Gasteiger partial charge in [0.05, 0.1) is 19.8 Å². The molecule has 0 radical (unpaired) electrons. The number of ether oxygens (including phenoxy) is 5. The highest BCUT2D eigenvalue weighted by atomic mass is 16.7. The first-order chi connectivity index (χ1) is 12.7. The van der Waals surface area contributed by atoms with E-state index in [1.54, 1.807) is 14.2 Å². The van der Waals surface area contributed by atoms with Crippen LogP contribution in [0.5, 0.6) is 5.75 Å². The summed E-state index contributed by atoms with van der Waals surface area (Å²) < 4.78 is 28.7. The standard InChI is InChI=1S/C21H30O5/c1-5-7-8-9-18-19(20(24-14-6-2)21(23-4)26-18)25-15-16-10-12-17(22-3)13-11-16/h2,10-13,18-21H,5,7-9,14-15H2,1,3-4H3/t18-,19-,20+,21-/m0/s1. The Balaban J connectivity index is 2.03. The molecule has 0 bridgehead atoms. The van der Waals surface area contributed by atoms with E-state index in [0.29, 0.717) is 6.61 Å². The SMILES string of the molecule is C#CCO[C@H]1[C@@H](OC)O[C@@H](CCCCC)[C@@H]1OCc1ccc(OC)cc1. The van der Waals surface area contributed by atoms with Gasteiger partial charge in [-0.3, -0.25) is 0 Å². The summed E-state index contributed by atoms with van der Waals surface area (Å²) in [6, 6.07) is 7.83. The smallest absolute Gasteiger partial charge is 0.186 e. The third kappa shape index (κ3) is 5.72. The van der Waals surface area contributed by atoms with Crippen molar-refractivity contribution in [2.75, 3.05) is 20.8 Å². The van der Waals surface area contributed by atoms with Crippen molar-refractivity contribution >= 4 is 0 Å². The normalized spacial score (nSPS) is 25.2. The average molecular weight is 362 g/mol. The molecule has 1 aromatic carbocycles. The van der Waals surface area contributed by atoms with Crippen LogP contribution >= 0.6 is 0 Å². The highest BCUT2D eigenvalue weighted by Gasteiger charge is 2.46. The number of unbranched alkanes of at least 4 members (excludes halogenated alkanes) is 2. The molecular formula is C21H30O5. The minimum Gasteiger partial charge on any atom is -0.497 e. The number of methoxy groups -OCH3 is 2. The fourth-order valence-electron chi connectivity index (χ4n) is 3.15. The average Bonchev–Trinajstić information content (AvgIpc) is 3.01. The predicted octanol–water partition coefficient (Wildman–Crippen LogP) is 3.55. The predicted molar refractivity (Wildman–Crippen MR) is 100.0 cm³/mol. The molecule has 0 N–H and O–H groups in total. The van der Waals surface area contributed by atoms with Crippen LogP contribution in [0.2, 0.25) is 0 Å². The molecule has 5 heteroatoms. The molecule has 1 fully saturated rings. The van der Waals surface area contributed by atoms with Gasteiger partial charge in [-0.2, -0.15) is 0 Å². The van der Waals surface area contributed by atoms with Crippen LogP contribution in [0.1, 0.15) is 38.2 Å². The van der Waals surface area contributed by atoms with Crippen LogP contribution in [-0.4, -0.2) is 45.4 Å². The van der Waals surface area contributed by atoms with Crippen LogP contribution in [0.4, 0.5) is 0 Å². The zero-order valence-electron chi connectivity index (χ0n) is 16.0. The second-order valence-electron chi connectivity index (χ2n) is 6.38. The van der Waals surface area contributed by atoms with Gasteiger partial charge in [0, 0.05) is 7.11 Å². The molecule has 0 unspecified atom stereocenters. The summed E-state index contributed by atoms with van der Waals surface area (Å²) in [5, 5.41) is 0. The Morgan fingerprint density at radius 2 is 1.85 bits per heavy atom.